The molecule has 0 aromatic heterocycles. The summed E-state index contributed by atoms with van der Waals surface area (Å²) in [6.45, 7) is 5.89. The molecule has 1 aromatic carbocycles. The van der Waals surface area contributed by atoms with Crippen molar-refractivity contribution in [2.45, 2.75) is 67.2 Å². The van der Waals surface area contributed by atoms with E-state index in [4.69, 9.17) is 39.5 Å². The Morgan fingerprint density at radius 2 is 2.12 bits per heavy atom. The second-order valence-electron chi connectivity index (χ2n) is 10.2. The van der Waals surface area contributed by atoms with E-state index in [1.54, 1.807) is 6.07 Å². The second kappa shape index (κ2) is 7.83. The highest BCUT2D eigenvalue weighted by Gasteiger charge is 2.73. The normalized spacial score (nSPS) is 38.0. The van der Waals surface area contributed by atoms with E-state index in [0.29, 0.717) is 30.2 Å². The van der Waals surface area contributed by atoms with E-state index >= 15 is 0 Å². The highest BCUT2D eigenvalue weighted by atomic mass is 35.6. The van der Waals surface area contributed by atoms with E-state index in [9.17, 15) is 9.90 Å². The van der Waals surface area contributed by atoms with Gasteiger partial charge in [-0.1, -0.05) is 47.8 Å². The number of amides is 1. The Labute approximate surface area is 204 Å². The van der Waals surface area contributed by atoms with Crippen LogP contribution in [0.4, 0.5) is 4.79 Å². The Bertz CT molecular complexity index is 922. The number of likely N-dealkylation sites (tertiary alicyclic amines) is 1. The first kappa shape index (κ1) is 22.9. The summed E-state index contributed by atoms with van der Waals surface area (Å²) in [7, 11) is 0. The summed E-state index contributed by atoms with van der Waals surface area (Å²) < 4.78 is 3.79. The molecule has 0 radical (unpaired) electrons. The minimum atomic E-state index is -1.61. The predicted octanol–water partition coefficient (Wildman–Crippen LogP) is 5.18. The molecule has 176 valence electrons. The number of phenols is 1. The molecule has 8 heteroatoms. The summed E-state index contributed by atoms with van der Waals surface area (Å²) in [5.74, 6) is 1.06. The van der Waals surface area contributed by atoms with Gasteiger partial charge in [-0.3, -0.25) is 0 Å². The van der Waals surface area contributed by atoms with Gasteiger partial charge in [0.05, 0.1) is 0 Å². The van der Waals surface area contributed by atoms with Crippen LogP contribution < -0.4 is 5.32 Å². The Balaban J connectivity index is 1.58. The molecule has 2 heterocycles. The molecular weight excluding hydrogens is 471 g/mol. The average molecular weight is 502 g/mol. The Hall–Kier alpha value is -0.880. The molecule has 6 atom stereocenters. The van der Waals surface area contributed by atoms with Gasteiger partial charge in [0, 0.05) is 24.0 Å². The number of carbonyl (C=O) groups is 1. The van der Waals surface area contributed by atoms with Gasteiger partial charge in [0.2, 0.25) is 3.79 Å². The third kappa shape index (κ3) is 3.18. The maximum Gasteiger partial charge on any atom is 0.410 e. The van der Waals surface area contributed by atoms with Gasteiger partial charge in [-0.2, -0.15) is 0 Å². The molecular formula is C24H31Cl3N2O3. The van der Waals surface area contributed by atoms with E-state index in [1.807, 2.05) is 11.0 Å². The highest BCUT2D eigenvalue weighted by molar-refractivity contribution is 6.67. The monoisotopic (exact) mass is 500 g/mol. The summed E-state index contributed by atoms with van der Waals surface area (Å²) >= 11 is 17.5. The smallest absolute Gasteiger partial charge is 0.410 e. The lowest BCUT2D eigenvalue weighted by Gasteiger charge is -2.61. The summed E-state index contributed by atoms with van der Waals surface area (Å²) in [4.78, 5) is 14.9. The molecule has 2 bridgehead atoms. The van der Waals surface area contributed by atoms with Gasteiger partial charge in [0.25, 0.3) is 0 Å². The molecule has 2 saturated carbocycles. The van der Waals surface area contributed by atoms with Crippen molar-refractivity contribution >= 4 is 40.9 Å². The van der Waals surface area contributed by atoms with Crippen LogP contribution in [0.3, 0.4) is 0 Å². The summed E-state index contributed by atoms with van der Waals surface area (Å²) in [5.41, 5.74) is 2.66. The van der Waals surface area contributed by atoms with Crippen LogP contribution in [0.2, 0.25) is 0 Å². The number of rotatable bonds is 3. The average Bonchev–Trinajstić information content (AvgIpc) is 3.17. The third-order valence-electron chi connectivity index (χ3n) is 9.07. The van der Waals surface area contributed by atoms with Crippen LogP contribution in [0.25, 0.3) is 0 Å². The molecule has 1 aromatic rings. The van der Waals surface area contributed by atoms with Gasteiger partial charge < -0.3 is 20.1 Å². The van der Waals surface area contributed by atoms with Crippen molar-refractivity contribution in [1.29, 1.82) is 0 Å². The highest BCUT2D eigenvalue weighted by Crippen LogP contribution is 2.72. The van der Waals surface area contributed by atoms with Crippen molar-refractivity contribution in [2.75, 3.05) is 19.7 Å². The molecule has 4 aliphatic rings. The van der Waals surface area contributed by atoms with E-state index in [2.05, 4.69) is 25.2 Å². The number of nitrogens with one attached hydrogen (secondary N) is 1. The number of alkyl halides is 3. The van der Waals surface area contributed by atoms with Crippen molar-refractivity contribution in [3.8, 4) is 5.75 Å². The van der Waals surface area contributed by atoms with Gasteiger partial charge in [0.15, 0.2) is 0 Å². The van der Waals surface area contributed by atoms with Crippen LogP contribution in [0.1, 0.15) is 50.7 Å². The zero-order valence-electron chi connectivity index (χ0n) is 18.5. The zero-order chi connectivity index (χ0) is 22.9. The van der Waals surface area contributed by atoms with Crippen molar-refractivity contribution in [1.82, 2.24) is 10.2 Å². The van der Waals surface area contributed by atoms with Crippen LogP contribution in [0.15, 0.2) is 18.2 Å². The van der Waals surface area contributed by atoms with Gasteiger partial charge in [-0.05, 0) is 86.1 Å². The maximum absolute atomic E-state index is 13.0. The number of piperidine rings is 1. The fourth-order valence-electron chi connectivity index (χ4n) is 8.16. The lowest BCUT2D eigenvalue weighted by molar-refractivity contribution is -0.0340. The number of ether oxygens (including phenoxy) is 1. The molecule has 0 spiro atoms. The number of aryl methyl sites for hydroxylation is 1. The second-order valence-corrected chi connectivity index (χ2v) is 12.7. The van der Waals surface area contributed by atoms with E-state index in [-0.39, 0.29) is 29.6 Å². The third-order valence-corrected chi connectivity index (χ3v) is 9.40. The summed E-state index contributed by atoms with van der Waals surface area (Å²) in [6.07, 6.45) is 4.64. The number of hydrogen-bond acceptors (Lipinski definition) is 4. The molecule has 4 fully saturated rings. The first-order valence-electron chi connectivity index (χ1n) is 11.7. The SMILES string of the molecule is CCc1ccc(O)cc1C12CCNC(C)C13CCC1C2[C@@H](CN1C(=O)OCC(Cl)(Cl)Cl)C3. The lowest BCUT2D eigenvalue weighted by atomic mass is 9.47. The van der Waals surface area contributed by atoms with Gasteiger partial charge in [-0.25, -0.2) is 4.79 Å². The quantitative estimate of drug-likeness (QED) is 0.560. The molecule has 2 aliphatic heterocycles. The fourth-order valence-corrected chi connectivity index (χ4v) is 8.33. The van der Waals surface area contributed by atoms with Crippen LogP contribution in [0, 0.1) is 17.3 Å². The van der Waals surface area contributed by atoms with Crippen LogP contribution in [0.5, 0.6) is 5.75 Å². The van der Waals surface area contributed by atoms with E-state index in [0.717, 1.165) is 38.6 Å². The molecule has 2 aliphatic carbocycles. The number of halogens is 3. The molecule has 5 nitrogen and oxygen atoms in total. The number of nitrogens with zero attached hydrogens (tertiary/aromatic N) is 1. The maximum atomic E-state index is 13.0. The summed E-state index contributed by atoms with van der Waals surface area (Å²) in [6, 6.07) is 6.40. The number of hydrogen-bond donors (Lipinski definition) is 2. The minimum absolute atomic E-state index is 0.0699. The number of carbonyl (C=O) groups excluding carboxylic acids is 1. The minimum Gasteiger partial charge on any atom is -0.508 e. The van der Waals surface area contributed by atoms with Gasteiger partial charge in [-0.15, -0.1) is 0 Å². The van der Waals surface area contributed by atoms with E-state index < -0.39 is 3.79 Å². The molecule has 32 heavy (non-hydrogen) atoms. The molecule has 2 N–H and O–H groups in total. The standard InChI is InChI=1S/C24H31Cl3N2O3/c1-3-15-4-5-17(30)10-18(15)23-8-9-28-14(2)22(23)7-6-19-20(23)16(11-22)12-29(19)21(31)32-13-24(25,26)27/h4-5,10,14,16,19-20,28,30H,3,6-9,11-13H2,1-2H3/t14?,16-,19?,20?,22?,23?/m1/s1. The predicted molar refractivity (Wildman–Crippen MR) is 127 cm³/mol. The summed E-state index contributed by atoms with van der Waals surface area (Å²) in [5, 5.41) is 14.3. The molecule has 5 rings (SSSR count). The molecule has 1 amide bonds. The number of phenolic OH excluding ortho intramolecular Hbond substituents is 1. The lowest BCUT2D eigenvalue weighted by Crippen LogP contribution is -2.65. The Morgan fingerprint density at radius 1 is 1.34 bits per heavy atom. The first-order valence-corrected chi connectivity index (χ1v) is 12.8. The zero-order valence-corrected chi connectivity index (χ0v) is 20.8. The first-order chi connectivity index (χ1) is 15.1. The topological polar surface area (TPSA) is 61.8 Å². The van der Waals surface area contributed by atoms with Crippen molar-refractivity contribution < 1.29 is 14.6 Å². The van der Waals surface area contributed by atoms with Crippen LogP contribution in [-0.4, -0.2) is 51.7 Å². The molecule has 2 saturated heterocycles. The largest absolute Gasteiger partial charge is 0.508 e. The van der Waals surface area contributed by atoms with Crippen LogP contribution in [-0.2, 0) is 16.6 Å². The van der Waals surface area contributed by atoms with Gasteiger partial charge in [0.1, 0.15) is 12.4 Å². The Kier molecular flexibility index (Phi) is 5.60. The molecule has 5 unspecified atom stereocenters. The van der Waals surface area contributed by atoms with E-state index in [1.165, 1.54) is 11.1 Å². The number of aromatic hydroxyl groups is 1. The van der Waals surface area contributed by atoms with Crippen LogP contribution >= 0.6 is 34.8 Å². The van der Waals surface area contributed by atoms with Crippen molar-refractivity contribution in [3.05, 3.63) is 29.3 Å². The Morgan fingerprint density at radius 3 is 2.84 bits per heavy atom. The van der Waals surface area contributed by atoms with Gasteiger partial charge >= 0.3 is 6.09 Å². The number of benzene rings is 1. The van der Waals surface area contributed by atoms with Crippen molar-refractivity contribution in [3.63, 3.8) is 0 Å². The van der Waals surface area contributed by atoms with Crippen molar-refractivity contribution in [2.24, 2.45) is 17.3 Å². The fraction of sp³-hybridized carbons (Fsp3) is 0.708.